The number of carbonyl (C=O) groups is 2. The second-order valence-electron chi connectivity index (χ2n) is 4.60. The number of halogens is 2. The average molecular weight is 322 g/mol. The molecule has 0 saturated heterocycles. The van der Waals surface area contributed by atoms with Gasteiger partial charge in [0.1, 0.15) is 5.82 Å². The average Bonchev–Trinajstić information content (AvgIpc) is 2.50. The summed E-state index contributed by atoms with van der Waals surface area (Å²) in [6.07, 6.45) is 0. The van der Waals surface area contributed by atoms with Gasteiger partial charge in [-0.05, 0) is 42.8 Å². The van der Waals surface area contributed by atoms with Crippen LogP contribution in [-0.4, -0.2) is 19.0 Å². The third kappa shape index (κ3) is 3.43. The van der Waals surface area contributed by atoms with Gasteiger partial charge in [-0.25, -0.2) is 9.18 Å². The van der Waals surface area contributed by atoms with Crippen molar-refractivity contribution >= 4 is 29.2 Å². The van der Waals surface area contributed by atoms with Gasteiger partial charge in [0.25, 0.3) is 5.91 Å². The first kappa shape index (κ1) is 16.0. The van der Waals surface area contributed by atoms with Crippen LogP contribution >= 0.6 is 11.6 Å². The molecular formula is C16H13ClFNO3. The molecule has 1 amide bonds. The molecule has 0 radical (unpaired) electrons. The van der Waals surface area contributed by atoms with E-state index < -0.39 is 17.7 Å². The van der Waals surface area contributed by atoms with Crippen molar-refractivity contribution in [2.75, 3.05) is 12.4 Å². The first-order valence-electron chi connectivity index (χ1n) is 6.37. The molecule has 0 saturated carbocycles. The Hall–Kier alpha value is -2.40. The van der Waals surface area contributed by atoms with Crippen molar-refractivity contribution in [3.63, 3.8) is 0 Å². The van der Waals surface area contributed by atoms with Crippen LogP contribution in [0.15, 0.2) is 36.4 Å². The quantitative estimate of drug-likeness (QED) is 0.874. The molecule has 0 spiro atoms. The zero-order chi connectivity index (χ0) is 16.3. The summed E-state index contributed by atoms with van der Waals surface area (Å²) in [7, 11) is 1.26. The second kappa shape index (κ2) is 6.58. The van der Waals surface area contributed by atoms with Gasteiger partial charge in [0.2, 0.25) is 0 Å². The topological polar surface area (TPSA) is 55.4 Å². The highest BCUT2D eigenvalue weighted by atomic mass is 35.5. The van der Waals surface area contributed by atoms with Crippen LogP contribution in [0.25, 0.3) is 0 Å². The van der Waals surface area contributed by atoms with Crippen molar-refractivity contribution in [3.05, 3.63) is 63.9 Å². The standard InChI is InChI=1S/C16H13ClFNO3/c1-9-3-5-11(18)8-12(9)15(20)19-14-7-10(16(21)22-2)4-6-13(14)17/h3-8H,1-2H3,(H,19,20). The fraction of sp³-hybridized carbons (Fsp3) is 0.125. The van der Waals surface area contributed by atoms with Crippen LogP contribution in [0, 0.1) is 12.7 Å². The van der Waals surface area contributed by atoms with Crippen LogP contribution in [0.1, 0.15) is 26.3 Å². The Bertz CT molecular complexity index is 746. The van der Waals surface area contributed by atoms with Crippen molar-refractivity contribution in [1.82, 2.24) is 0 Å². The maximum absolute atomic E-state index is 13.3. The molecule has 0 fully saturated rings. The van der Waals surface area contributed by atoms with Crippen molar-refractivity contribution in [1.29, 1.82) is 0 Å². The maximum atomic E-state index is 13.3. The molecule has 0 atom stereocenters. The predicted octanol–water partition coefficient (Wildman–Crippen LogP) is 3.83. The molecule has 2 aromatic carbocycles. The second-order valence-corrected chi connectivity index (χ2v) is 5.01. The summed E-state index contributed by atoms with van der Waals surface area (Å²) in [5.74, 6) is -1.57. The minimum absolute atomic E-state index is 0.194. The predicted molar refractivity (Wildman–Crippen MR) is 81.9 cm³/mol. The zero-order valence-electron chi connectivity index (χ0n) is 11.9. The Morgan fingerprint density at radius 2 is 1.91 bits per heavy atom. The minimum Gasteiger partial charge on any atom is -0.465 e. The van der Waals surface area contributed by atoms with E-state index in [0.29, 0.717) is 5.56 Å². The molecule has 2 rings (SSSR count). The van der Waals surface area contributed by atoms with Gasteiger partial charge < -0.3 is 10.1 Å². The van der Waals surface area contributed by atoms with Crippen molar-refractivity contribution < 1.29 is 18.7 Å². The number of esters is 1. The molecule has 0 aromatic heterocycles. The number of hydrogen-bond acceptors (Lipinski definition) is 3. The lowest BCUT2D eigenvalue weighted by atomic mass is 10.1. The van der Waals surface area contributed by atoms with Crippen molar-refractivity contribution in [2.24, 2.45) is 0 Å². The lowest BCUT2D eigenvalue weighted by Gasteiger charge is -2.10. The van der Waals surface area contributed by atoms with Crippen LogP contribution in [0.3, 0.4) is 0 Å². The SMILES string of the molecule is COC(=O)c1ccc(Cl)c(NC(=O)c2cc(F)ccc2C)c1. The van der Waals surface area contributed by atoms with Gasteiger partial charge >= 0.3 is 5.97 Å². The number of hydrogen-bond donors (Lipinski definition) is 1. The largest absolute Gasteiger partial charge is 0.465 e. The van der Waals surface area contributed by atoms with Crippen LogP contribution in [0.4, 0.5) is 10.1 Å². The maximum Gasteiger partial charge on any atom is 0.337 e. The van der Waals surface area contributed by atoms with Gasteiger partial charge in [0.05, 0.1) is 23.4 Å². The monoisotopic (exact) mass is 321 g/mol. The number of aryl methyl sites for hydroxylation is 1. The summed E-state index contributed by atoms with van der Waals surface area (Å²) in [6.45, 7) is 1.70. The number of carbonyl (C=O) groups excluding carboxylic acids is 2. The highest BCUT2D eigenvalue weighted by Crippen LogP contribution is 2.24. The lowest BCUT2D eigenvalue weighted by Crippen LogP contribution is -2.14. The molecular weight excluding hydrogens is 309 g/mol. The van der Waals surface area contributed by atoms with E-state index in [9.17, 15) is 14.0 Å². The first-order valence-corrected chi connectivity index (χ1v) is 6.75. The molecule has 0 heterocycles. The molecule has 0 unspecified atom stereocenters. The van der Waals surface area contributed by atoms with E-state index in [2.05, 4.69) is 10.1 Å². The molecule has 4 nitrogen and oxygen atoms in total. The lowest BCUT2D eigenvalue weighted by molar-refractivity contribution is 0.0600. The summed E-state index contributed by atoms with van der Waals surface area (Å²) < 4.78 is 17.9. The number of rotatable bonds is 3. The Morgan fingerprint density at radius 3 is 2.59 bits per heavy atom. The fourth-order valence-corrected chi connectivity index (χ4v) is 2.06. The van der Waals surface area contributed by atoms with Gasteiger partial charge in [0.15, 0.2) is 0 Å². The normalized spacial score (nSPS) is 10.2. The molecule has 22 heavy (non-hydrogen) atoms. The van der Waals surface area contributed by atoms with Crippen LogP contribution in [0.2, 0.25) is 5.02 Å². The van der Waals surface area contributed by atoms with Gasteiger partial charge in [-0.2, -0.15) is 0 Å². The third-order valence-electron chi connectivity index (χ3n) is 3.08. The first-order chi connectivity index (χ1) is 10.4. The van der Waals surface area contributed by atoms with E-state index in [1.54, 1.807) is 6.92 Å². The van der Waals surface area contributed by atoms with E-state index in [1.807, 2.05) is 0 Å². The van der Waals surface area contributed by atoms with Gasteiger partial charge in [-0.3, -0.25) is 4.79 Å². The number of amides is 1. The number of benzene rings is 2. The molecule has 114 valence electrons. The summed E-state index contributed by atoms with van der Waals surface area (Å²) in [4.78, 5) is 23.7. The highest BCUT2D eigenvalue weighted by Gasteiger charge is 2.14. The van der Waals surface area contributed by atoms with Crippen LogP contribution in [-0.2, 0) is 4.74 Å². The molecule has 6 heteroatoms. The summed E-state index contributed by atoms with van der Waals surface area (Å²) in [6, 6.07) is 8.29. The molecule has 1 N–H and O–H groups in total. The third-order valence-corrected chi connectivity index (χ3v) is 3.41. The van der Waals surface area contributed by atoms with Crippen LogP contribution < -0.4 is 5.32 Å². The van der Waals surface area contributed by atoms with E-state index in [4.69, 9.17) is 11.6 Å². The number of anilines is 1. The Labute approximate surface area is 131 Å². The zero-order valence-corrected chi connectivity index (χ0v) is 12.7. The van der Waals surface area contributed by atoms with Gasteiger partial charge in [0, 0.05) is 5.56 Å². The minimum atomic E-state index is -0.547. The number of nitrogens with one attached hydrogen (secondary N) is 1. The molecule has 0 aliphatic rings. The molecule has 0 bridgehead atoms. The smallest absolute Gasteiger partial charge is 0.337 e. The fourth-order valence-electron chi connectivity index (χ4n) is 1.89. The molecule has 2 aromatic rings. The number of ether oxygens (including phenoxy) is 1. The van der Waals surface area contributed by atoms with E-state index >= 15 is 0 Å². The molecule has 0 aliphatic carbocycles. The Balaban J connectivity index is 2.32. The van der Waals surface area contributed by atoms with Gasteiger partial charge in [-0.1, -0.05) is 17.7 Å². The number of methoxy groups -OCH3 is 1. The van der Waals surface area contributed by atoms with Crippen LogP contribution in [0.5, 0.6) is 0 Å². The Kier molecular flexibility index (Phi) is 4.78. The van der Waals surface area contributed by atoms with E-state index in [-0.39, 0.29) is 21.8 Å². The highest BCUT2D eigenvalue weighted by molar-refractivity contribution is 6.34. The summed E-state index contributed by atoms with van der Waals surface area (Å²) in [5.41, 5.74) is 1.31. The Morgan fingerprint density at radius 1 is 1.18 bits per heavy atom. The molecule has 0 aliphatic heterocycles. The van der Waals surface area contributed by atoms with Crippen molar-refractivity contribution in [3.8, 4) is 0 Å². The van der Waals surface area contributed by atoms with E-state index in [1.165, 1.54) is 37.4 Å². The summed E-state index contributed by atoms with van der Waals surface area (Å²) >= 11 is 6.01. The van der Waals surface area contributed by atoms with E-state index in [0.717, 1.165) is 6.07 Å². The van der Waals surface area contributed by atoms with Crippen molar-refractivity contribution in [2.45, 2.75) is 6.92 Å². The van der Waals surface area contributed by atoms with Gasteiger partial charge in [-0.15, -0.1) is 0 Å². The summed E-state index contributed by atoms with van der Waals surface area (Å²) in [5, 5.41) is 2.83.